The van der Waals surface area contributed by atoms with Crippen molar-refractivity contribution >= 4 is 68.0 Å². The molecule has 0 saturated carbocycles. The molecule has 0 aliphatic carbocycles. The van der Waals surface area contributed by atoms with Crippen LogP contribution in [0.25, 0.3) is 44.5 Å². The van der Waals surface area contributed by atoms with Crippen LogP contribution in [0, 0.1) is 22.7 Å². The molecule has 8 aromatic carbocycles. The molecule has 0 aromatic heterocycles. The minimum atomic E-state index is -8.27. The van der Waals surface area contributed by atoms with E-state index in [9.17, 15) is 73.8 Å². The van der Waals surface area contributed by atoms with E-state index >= 15 is 0 Å². The number of halogens is 6. The topological polar surface area (TPSA) is 362 Å². The van der Waals surface area contributed by atoms with Gasteiger partial charge < -0.3 is 76.1 Å². The van der Waals surface area contributed by atoms with Gasteiger partial charge in [0.25, 0.3) is 11.8 Å². The first kappa shape index (κ1) is 85.7. The van der Waals surface area contributed by atoms with Crippen LogP contribution in [0.3, 0.4) is 0 Å². The highest BCUT2D eigenvalue weighted by Gasteiger charge is 2.59. The maximum absolute atomic E-state index is 13.6. The van der Waals surface area contributed by atoms with Gasteiger partial charge in [-0.1, -0.05) is 114 Å². The number of ether oxygens (including phenoxy) is 7. The number of hydrogen-bond donors (Lipinski definition) is 8. The minimum absolute atomic E-state index is 0.0379. The van der Waals surface area contributed by atoms with Crippen LogP contribution in [0.5, 0.6) is 28.7 Å². The second-order valence-electron chi connectivity index (χ2n) is 29.5. The van der Waals surface area contributed by atoms with E-state index in [1.54, 1.807) is 30.3 Å². The third-order valence-corrected chi connectivity index (χ3v) is 21.9. The fourth-order valence-electron chi connectivity index (χ4n) is 14.0. The molecule has 614 valence electrons. The van der Waals surface area contributed by atoms with Crippen LogP contribution in [0.4, 0.5) is 47.1 Å². The summed E-state index contributed by atoms with van der Waals surface area (Å²) in [5, 5.41) is 50.1. The number of aliphatic hydroxyl groups is 2. The second-order valence-corrected chi connectivity index (χ2v) is 33.0. The van der Waals surface area contributed by atoms with E-state index in [4.69, 9.17) is 39.9 Å². The highest BCUT2D eigenvalue weighted by atomic mass is 32.5. The van der Waals surface area contributed by atoms with E-state index in [0.29, 0.717) is 179 Å². The monoisotopic (exact) mass is 1630 g/mol. The van der Waals surface area contributed by atoms with Gasteiger partial charge >= 0.3 is 6.11 Å². The van der Waals surface area contributed by atoms with Crippen LogP contribution in [-0.4, -0.2) is 109 Å². The van der Waals surface area contributed by atoms with E-state index < -0.39 is 55.7 Å². The van der Waals surface area contributed by atoms with Gasteiger partial charge in [0, 0.05) is 112 Å². The molecule has 14 rings (SSSR count). The molecule has 6 aliphatic rings. The molecule has 23 nitrogen and oxygen atoms in total. The molecule has 2 fully saturated rings. The van der Waals surface area contributed by atoms with E-state index in [1.807, 2.05) is 24.3 Å². The van der Waals surface area contributed by atoms with Crippen LogP contribution < -0.4 is 56.4 Å². The quantitative estimate of drug-likeness (QED) is 0.0150. The molecule has 117 heavy (non-hydrogen) atoms. The number of anilines is 4. The van der Waals surface area contributed by atoms with Gasteiger partial charge in [0.2, 0.25) is 23.6 Å². The Kier molecular flexibility index (Phi) is 24.9. The molecule has 0 bridgehead atoms. The Balaban J connectivity index is 0.000000153. The lowest BCUT2D eigenvalue weighted by molar-refractivity contribution is -0.159. The number of rotatable bonds is 25. The average Bonchev–Trinajstić information content (AvgIpc) is 1.42. The number of nitriles is 2. The predicted octanol–water partition coefficient (Wildman–Crippen LogP) is 15.7. The van der Waals surface area contributed by atoms with Gasteiger partial charge in [-0.2, -0.15) is 19.3 Å². The Morgan fingerprint density at radius 3 is 1.12 bits per heavy atom. The first-order chi connectivity index (χ1) is 55.3. The van der Waals surface area contributed by atoms with Crippen LogP contribution >= 0.6 is 9.84 Å². The van der Waals surface area contributed by atoms with E-state index in [1.165, 1.54) is 29.3 Å². The lowest BCUT2D eigenvalue weighted by Crippen LogP contribution is -2.33. The van der Waals surface area contributed by atoms with E-state index in [-0.39, 0.29) is 75.9 Å². The number of epoxide rings is 2. The third kappa shape index (κ3) is 19.9. The Bertz CT molecular complexity index is 5160. The number of carbonyl (C=O) groups is 6. The summed E-state index contributed by atoms with van der Waals surface area (Å²) in [5.41, 5.74) is 23.1. The summed E-state index contributed by atoms with van der Waals surface area (Å²) < 4.78 is 119. The van der Waals surface area contributed by atoms with Gasteiger partial charge in [-0.25, -0.2) is 0 Å². The molecule has 8 aromatic rings. The molecule has 10 N–H and O–H groups in total. The molecule has 2 atom stereocenters. The van der Waals surface area contributed by atoms with Crippen LogP contribution in [0.2, 0.25) is 0 Å². The number of alkyl halides is 2. The van der Waals surface area contributed by atoms with Crippen molar-refractivity contribution in [2.24, 2.45) is 11.5 Å². The summed E-state index contributed by atoms with van der Waals surface area (Å²) in [6.07, 6.45) is 1.43. The van der Waals surface area contributed by atoms with Crippen molar-refractivity contribution in [1.82, 2.24) is 0 Å². The molecule has 2 saturated heterocycles. The number of nitrogens with two attached hydrogens (primary N) is 2. The standard InChI is InChI=1S/2C24H25N3O4.C20H19F2NO4.C19H19F4NO3S/c2*1-14(2)15-3-5-16(6-4-15)18-11-20(19(12-25)17-8-10-30-22(17)18)27-23(29)24(13-31-24)9-7-21(26)28;1-3-18(25)23-17-10-15(19-14(8-9-26-19)16(17)11-24)12-4-6-13(7-5-12)27-20(2,21)22;1-3-18(26)24-17-10-15(19-14(8-9-27-19)16(17)11-25)12-4-6-13(7-5-12)28(2,20,21,22)23/h2*3-6,11,14H,7-10,13H2,1-2H3,(H2,26,28)(H,27,29);3-7,10,24H,1,8-9,11H2,2H3,(H,23,25);3-7,10,25H,1,8-9,11H2,2H3,(H,24,26)/t2*24-;;/m10../s1. The Morgan fingerprint density at radius 1 is 0.530 bits per heavy atom. The maximum Gasteiger partial charge on any atom is 0.394 e. The summed E-state index contributed by atoms with van der Waals surface area (Å²) in [6, 6.07) is 37.5. The smallest absolute Gasteiger partial charge is 0.394 e. The third-order valence-electron chi connectivity index (χ3n) is 20.4. The van der Waals surface area contributed by atoms with Crippen molar-refractivity contribution in [3.05, 3.63) is 202 Å². The zero-order valence-electron chi connectivity index (χ0n) is 65.0. The average molecular weight is 1630 g/mol. The molecule has 6 heterocycles. The highest BCUT2D eigenvalue weighted by Crippen LogP contribution is 2.98. The normalized spacial score (nSPS) is 16.7. The molecule has 6 aliphatic heterocycles. The number of carbonyl (C=O) groups excluding carboxylic acids is 6. The Hall–Kier alpha value is -12.2. The molecule has 0 radical (unpaired) electrons. The van der Waals surface area contributed by atoms with Crippen molar-refractivity contribution < 1.29 is 96.5 Å². The van der Waals surface area contributed by atoms with Crippen molar-refractivity contribution in [3.63, 3.8) is 0 Å². The first-order valence-corrected chi connectivity index (χ1v) is 39.9. The van der Waals surface area contributed by atoms with Crippen molar-refractivity contribution in [3.8, 4) is 85.4 Å². The first-order valence-electron chi connectivity index (χ1n) is 37.5. The number of amides is 6. The summed E-state index contributed by atoms with van der Waals surface area (Å²) in [7, 11) is -8.27. The maximum atomic E-state index is 13.6. The number of benzene rings is 8. The van der Waals surface area contributed by atoms with Gasteiger partial charge in [0.1, 0.15) is 40.9 Å². The molecule has 0 unspecified atom stereocenters. The molecule has 30 heteroatoms. The number of hydrogen-bond acceptors (Lipinski definition) is 17. The fourth-order valence-corrected chi connectivity index (χ4v) is 14.8. The summed E-state index contributed by atoms with van der Waals surface area (Å²) in [4.78, 5) is 70.2. The Morgan fingerprint density at radius 2 is 0.838 bits per heavy atom. The summed E-state index contributed by atoms with van der Waals surface area (Å²) >= 11 is 0. The second kappa shape index (κ2) is 33.9. The van der Waals surface area contributed by atoms with Crippen molar-refractivity contribution in [2.75, 3.05) is 67.2 Å². The lowest BCUT2D eigenvalue weighted by Gasteiger charge is -2.46. The summed E-state index contributed by atoms with van der Waals surface area (Å²) in [6.45, 7) is 17.6. The van der Waals surface area contributed by atoms with E-state index in [0.717, 1.165) is 63.2 Å². The summed E-state index contributed by atoms with van der Waals surface area (Å²) in [5.74, 6) is 0.700. The number of nitrogens with zero attached hydrogens (tertiary/aromatic N) is 2. The van der Waals surface area contributed by atoms with Crippen LogP contribution in [0.1, 0.15) is 128 Å². The zero-order chi connectivity index (χ0) is 84.8. The van der Waals surface area contributed by atoms with E-state index in [2.05, 4.69) is 103 Å². The lowest BCUT2D eigenvalue weighted by atomic mass is 9.93. The largest absolute Gasteiger partial charge is 0.492 e. The van der Waals surface area contributed by atoms with Crippen LogP contribution in [-0.2, 0) is 77.1 Å². The van der Waals surface area contributed by atoms with Gasteiger partial charge in [0.05, 0.1) is 86.5 Å². The molecule has 6 amide bonds. The van der Waals surface area contributed by atoms with Gasteiger partial charge in [-0.15, -0.1) is 15.5 Å². The van der Waals surface area contributed by atoms with Gasteiger partial charge in [0.15, 0.2) is 21.0 Å². The van der Waals surface area contributed by atoms with Gasteiger partial charge in [-0.05, 0) is 119 Å². The van der Waals surface area contributed by atoms with Crippen LogP contribution in [0.15, 0.2) is 152 Å². The minimum Gasteiger partial charge on any atom is -0.492 e. The number of primary amides is 2. The number of fused-ring (bicyclic) bond motifs is 4. The fraction of sp³-hybridized carbons (Fsp3) is 0.310. The Labute approximate surface area is 671 Å². The zero-order valence-corrected chi connectivity index (χ0v) is 65.8. The van der Waals surface area contributed by atoms with Crippen molar-refractivity contribution in [1.29, 1.82) is 10.5 Å². The highest BCUT2D eigenvalue weighted by molar-refractivity contribution is 8.49. The van der Waals surface area contributed by atoms with Crippen molar-refractivity contribution in [2.45, 2.75) is 133 Å². The molecular weight excluding hydrogens is 1540 g/mol. The predicted molar refractivity (Wildman–Crippen MR) is 430 cm³/mol. The SMILES string of the molecule is C=CC(=O)Nc1cc(-c2ccc(OC(C)(F)F)cc2)c2c(c1CO)CCO2.C=CC(=O)Nc1cc(-c2ccc(S(C)(F)(F)(F)F)cc2)c2c(c1CO)CCO2.CC(C)c1ccc(-c2cc(NC(=O)[C@@]3(CCC(N)=O)CO3)c(C#N)c3c2OCC3)cc1.CC(C)c1ccc(-c2cc(NC(=O)[C@]3(CCC(N)=O)CO3)c(C#N)c3c2OCC3)cc1. The van der Waals surface area contributed by atoms with Gasteiger partial charge in [-0.3, -0.25) is 28.8 Å². The molecule has 0 spiro atoms. The molecular formula is C87H88F6N8O15S. The number of aliphatic hydroxyl groups excluding tert-OH is 2. The number of nitrogens with one attached hydrogen (secondary N) is 4.